The van der Waals surface area contributed by atoms with Gasteiger partial charge in [0, 0.05) is 12.6 Å². The minimum Gasteiger partial charge on any atom is -0.494 e. The van der Waals surface area contributed by atoms with Crippen LogP contribution in [0, 0.1) is 5.92 Å². The van der Waals surface area contributed by atoms with E-state index >= 15 is 0 Å². The van der Waals surface area contributed by atoms with E-state index in [0.29, 0.717) is 12.4 Å². The van der Waals surface area contributed by atoms with Crippen LogP contribution >= 0.6 is 0 Å². The molecule has 0 aliphatic rings. The molecule has 1 heterocycles. The van der Waals surface area contributed by atoms with Crippen molar-refractivity contribution in [2.75, 3.05) is 20.3 Å². The largest absolute Gasteiger partial charge is 0.494 e. The number of hydrogen-bond acceptors (Lipinski definition) is 5. The third-order valence-corrected chi connectivity index (χ3v) is 4.11. The average Bonchev–Trinajstić information content (AvgIpc) is 3.23. The molecular formula is C22H27NO5. The van der Waals surface area contributed by atoms with E-state index < -0.39 is 5.92 Å². The fraction of sp³-hybridized carbons (Fsp3) is 0.364. The minimum absolute atomic E-state index is 0.210. The number of amides is 1. The Morgan fingerprint density at radius 3 is 2.57 bits per heavy atom. The third kappa shape index (κ3) is 6.61. The van der Waals surface area contributed by atoms with Crippen molar-refractivity contribution in [2.45, 2.75) is 26.8 Å². The van der Waals surface area contributed by atoms with Crippen molar-refractivity contribution in [1.82, 2.24) is 4.90 Å². The number of methoxy groups -OCH3 is 1. The van der Waals surface area contributed by atoms with E-state index in [1.165, 1.54) is 13.2 Å². The van der Waals surface area contributed by atoms with Gasteiger partial charge in [0.05, 0.1) is 32.4 Å². The van der Waals surface area contributed by atoms with Crippen LogP contribution in [0.15, 0.2) is 53.2 Å². The van der Waals surface area contributed by atoms with Crippen LogP contribution in [0.3, 0.4) is 0 Å². The molecule has 0 bridgehead atoms. The highest BCUT2D eigenvalue weighted by atomic mass is 16.5. The van der Waals surface area contributed by atoms with Crippen molar-refractivity contribution in [3.63, 3.8) is 0 Å². The molecule has 0 aliphatic heterocycles. The summed E-state index contributed by atoms with van der Waals surface area (Å²) in [5.41, 5.74) is 0.885. The maximum absolute atomic E-state index is 12.7. The first kappa shape index (κ1) is 21.3. The third-order valence-electron chi connectivity index (χ3n) is 4.11. The minimum atomic E-state index is -0.438. The molecule has 2 rings (SSSR count). The molecule has 1 atom stereocenters. The van der Waals surface area contributed by atoms with Crippen molar-refractivity contribution in [3.05, 3.63) is 60.1 Å². The summed E-state index contributed by atoms with van der Waals surface area (Å²) < 4.78 is 15.7. The number of rotatable bonds is 10. The number of hydrogen-bond donors (Lipinski definition) is 0. The first-order valence-corrected chi connectivity index (χ1v) is 9.33. The Balaban J connectivity index is 2.05. The maximum Gasteiger partial charge on any atom is 0.310 e. The number of furan rings is 1. The molecule has 0 N–H and O–H groups in total. The SMILES string of the molecule is CCCOc1ccc(/C=C/C(=O)N(Cc2ccco2)CC(C)C(=O)OC)cc1. The molecule has 28 heavy (non-hydrogen) atoms. The van der Waals surface area contributed by atoms with Crippen LogP contribution in [-0.2, 0) is 20.9 Å². The lowest BCUT2D eigenvalue weighted by molar-refractivity contribution is -0.146. The zero-order chi connectivity index (χ0) is 20.4. The number of nitrogens with zero attached hydrogens (tertiary/aromatic N) is 1. The van der Waals surface area contributed by atoms with Gasteiger partial charge in [-0.2, -0.15) is 0 Å². The molecule has 0 saturated heterocycles. The van der Waals surface area contributed by atoms with Crippen LogP contribution < -0.4 is 4.74 Å². The number of esters is 1. The van der Waals surface area contributed by atoms with Gasteiger partial charge in [0.2, 0.25) is 5.91 Å². The molecule has 6 heteroatoms. The first-order chi connectivity index (χ1) is 13.5. The van der Waals surface area contributed by atoms with Crippen LogP contribution in [0.5, 0.6) is 5.75 Å². The van der Waals surface area contributed by atoms with Gasteiger partial charge >= 0.3 is 5.97 Å². The van der Waals surface area contributed by atoms with Crippen LogP contribution in [0.4, 0.5) is 0 Å². The number of ether oxygens (including phenoxy) is 2. The molecule has 0 aliphatic carbocycles. The lowest BCUT2D eigenvalue weighted by Crippen LogP contribution is -2.35. The molecule has 0 saturated carbocycles. The van der Waals surface area contributed by atoms with E-state index in [4.69, 9.17) is 13.9 Å². The first-order valence-electron chi connectivity index (χ1n) is 9.33. The van der Waals surface area contributed by atoms with E-state index in [9.17, 15) is 9.59 Å². The fourth-order valence-corrected chi connectivity index (χ4v) is 2.60. The molecule has 1 amide bonds. The molecule has 0 radical (unpaired) electrons. The Kier molecular flexibility index (Phi) is 8.34. The highest BCUT2D eigenvalue weighted by Gasteiger charge is 2.21. The normalized spacial score (nSPS) is 12.0. The quantitative estimate of drug-likeness (QED) is 0.458. The summed E-state index contributed by atoms with van der Waals surface area (Å²) in [6, 6.07) is 11.1. The second kappa shape index (κ2) is 11.0. The van der Waals surface area contributed by atoms with E-state index in [1.54, 1.807) is 36.3 Å². The van der Waals surface area contributed by atoms with Gasteiger partial charge in [-0.25, -0.2) is 0 Å². The van der Waals surface area contributed by atoms with Crippen LogP contribution in [-0.4, -0.2) is 37.0 Å². The predicted octanol–water partition coefficient (Wildman–Crippen LogP) is 3.92. The van der Waals surface area contributed by atoms with Gasteiger partial charge in [-0.15, -0.1) is 0 Å². The fourth-order valence-electron chi connectivity index (χ4n) is 2.60. The molecular weight excluding hydrogens is 358 g/mol. The topological polar surface area (TPSA) is 69.0 Å². The Hall–Kier alpha value is -3.02. The van der Waals surface area contributed by atoms with Gasteiger partial charge in [0.1, 0.15) is 11.5 Å². The molecule has 150 valence electrons. The number of carbonyl (C=O) groups excluding carboxylic acids is 2. The zero-order valence-corrected chi connectivity index (χ0v) is 16.6. The average molecular weight is 385 g/mol. The van der Waals surface area contributed by atoms with E-state index in [1.807, 2.05) is 24.3 Å². The van der Waals surface area contributed by atoms with Crippen molar-refractivity contribution < 1.29 is 23.5 Å². The van der Waals surface area contributed by atoms with E-state index in [-0.39, 0.29) is 25.0 Å². The summed E-state index contributed by atoms with van der Waals surface area (Å²) in [5.74, 6) is 0.447. The summed E-state index contributed by atoms with van der Waals surface area (Å²) in [4.78, 5) is 26.0. The lowest BCUT2D eigenvalue weighted by Gasteiger charge is -2.23. The standard InChI is InChI=1S/C22H27NO5/c1-4-13-27-19-10-7-18(8-11-19)9-12-21(24)23(15-17(2)22(25)26-3)16-20-6-5-14-28-20/h5-12,14,17H,4,13,15-16H2,1-3H3/b12-9+. The number of carbonyl (C=O) groups is 2. The van der Waals surface area contributed by atoms with Gasteiger partial charge in [-0.05, 0) is 42.3 Å². The van der Waals surface area contributed by atoms with Gasteiger partial charge in [-0.1, -0.05) is 26.0 Å². The molecule has 2 aromatic rings. The molecule has 0 fully saturated rings. The summed E-state index contributed by atoms with van der Waals surface area (Å²) in [7, 11) is 1.34. The van der Waals surface area contributed by atoms with Gasteiger partial charge in [0.25, 0.3) is 0 Å². The van der Waals surface area contributed by atoms with Crippen LogP contribution in [0.1, 0.15) is 31.6 Å². The maximum atomic E-state index is 12.7. The van der Waals surface area contributed by atoms with Crippen molar-refractivity contribution in [3.8, 4) is 5.75 Å². The van der Waals surface area contributed by atoms with Crippen molar-refractivity contribution in [1.29, 1.82) is 0 Å². The second-order valence-corrected chi connectivity index (χ2v) is 6.47. The number of benzene rings is 1. The Labute approximate surface area is 165 Å². The molecule has 1 aromatic heterocycles. The summed E-state index contributed by atoms with van der Waals surface area (Å²) in [6.45, 7) is 4.97. The van der Waals surface area contributed by atoms with E-state index in [2.05, 4.69) is 6.92 Å². The zero-order valence-electron chi connectivity index (χ0n) is 16.6. The smallest absolute Gasteiger partial charge is 0.310 e. The monoisotopic (exact) mass is 385 g/mol. The second-order valence-electron chi connectivity index (χ2n) is 6.47. The predicted molar refractivity (Wildman–Crippen MR) is 107 cm³/mol. The molecule has 0 spiro atoms. The van der Waals surface area contributed by atoms with Gasteiger partial charge in [-0.3, -0.25) is 9.59 Å². The Morgan fingerprint density at radius 1 is 1.21 bits per heavy atom. The van der Waals surface area contributed by atoms with Crippen LogP contribution in [0.25, 0.3) is 6.08 Å². The van der Waals surface area contributed by atoms with Gasteiger partial charge < -0.3 is 18.8 Å². The molecule has 1 unspecified atom stereocenters. The highest BCUT2D eigenvalue weighted by Crippen LogP contribution is 2.15. The Morgan fingerprint density at radius 2 is 1.96 bits per heavy atom. The van der Waals surface area contributed by atoms with Crippen molar-refractivity contribution in [2.24, 2.45) is 5.92 Å². The molecule has 6 nitrogen and oxygen atoms in total. The molecule has 1 aromatic carbocycles. The van der Waals surface area contributed by atoms with Gasteiger partial charge in [0.15, 0.2) is 0 Å². The Bertz CT molecular complexity index is 765. The summed E-state index contributed by atoms with van der Waals surface area (Å²) >= 11 is 0. The van der Waals surface area contributed by atoms with Crippen molar-refractivity contribution >= 4 is 18.0 Å². The lowest BCUT2D eigenvalue weighted by atomic mass is 10.1. The highest BCUT2D eigenvalue weighted by molar-refractivity contribution is 5.92. The van der Waals surface area contributed by atoms with Crippen LogP contribution in [0.2, 0.25) is 0 Å². The summed E-state index contributed by atoms with van der Waals surface area (Å²) in [6.07, 6.45) is 5.74. The summed E-state index contributed by atoms with van der Waals surface area (Å²) in [5, 5.41) is 0. The van der Waals surface area contributed by atoms with E-state index in [0.717, 1.165) is 17.7 Å².